The van der Waals surface area contributed by atoms with Gasteiger partial charge in [0.15, 0.2) is 0 Å². The maximum absolute atomic E-state index is 14.0. The molecule has 3 aliphatic rings. The molecule has 1 atom stereocenters. The molecule has 3 saturated heterocycles. The molecule has 6 nitrogen and oxygen atoms in total. The van der Waals surface area contributed by atoms with Crippen LogP contribution < -0.4 is 0 Å². The number of nitrogens with one attached hydrogen (secondary N) is 1. The largest absolute Gasteiger partial charge is 0.361 e. The maximum Gasteiger partial charge on any atom is 0.249 e. The number of fused-ring (bicyclic) bond motifs is 2. The summed E-state index contributed by atoms with van der Waals surface area (Å²) in [4.78, 5) is 37.6. The molecule has 1 spiro atoms. The molecule has 3 aliphatic heterocycles. The van der Waals surface area contributed by atoms with E-state index in [2.05, 4.69) is 64.6 Å². The van der Waals surface area contributed by atoms with Crippen molar-refractivity contribution in [1.29, 1.82) is 0 Å². The smallest absolute Gasteiger partial charge is 0.249 e. The van der Waals surface area contributed by atoms with E-state index in [1.165, 1.54) is 42.2 Å². The van der Waals surface area contributed by atoms with E-state index >= 15 is 0 Å². The average Bonchev–Trinajstić information content (AvgIpc) is 3.63. The number of aromatic nitrogens is 1. The number of piperidine rings is 1. The SMILES string of the molecule is O=C1C2CCCN2C(=O)C2(CCN(CCCCCCc3ccccc3)CC2)N1CCc1c[nH]c2ccccc12. The van der Waals surface area contributed by atoms with Crippen LogP contribution in [0.25, 0.3) is 10.9 Å². The highest BCUT2D eigenvalue weighted by molar-refractivity contribution is 6.00. The summed E-state index contributed by atoms with van der Waals surface area (Å²) >= 11 is 0. The zero-order chi connectivity index (χ0) is 26.7. The number of unbranched alkanes of at least 4 members (excludes halogenated alkanes) is 3. The van der Waals surface area contributed by atoms with Crippen molar-refractivity contribution < 1.29 is 9.59 Å². The number of likely N-dealkylation sites (tertiary alicyclic amines) is 1. The minimum atomic E-state index is -0.670. The molecule has 3 aromatic rings. The zero-order valence-electron chi connectivity index (χ0n) is 23.1. The molecule has 39 heavy (non-hydrogen) atoms. The lowest BCUT2D eigenvalue weighted by atomic mass is 9.80. The van der Waals surface area contributed by atoms with Crippen molar-refractivity contribution in [3.05, 3.63) is 71.9 Å². The Morgan fingerprint density at radius 1 is 0.821 bits per heavy atom. The van der Waals surface area contributed by atoms with Gasteiger partial charge < -0.3 is 19.7 Å². The van der Waals surface area contributed by atoms with Crippen LogP contribution in [0.4, 0.5) is 0 Å². The Kier molecular flexibility index (Phi) is 7.73. The van der Waals surface area contributed by atoms with Gasteiger partial charge in [-0.1, -0.05) is 61.4 Å². The van der Waals surface area contributed by atoms with Crippen LogP contribution >= 0.6 is 0 Å². The molecule has 0 radical (unpaired) electrons. The molecule has 0 aliphatic carbocycles. The number of amides is 2. The van der Waals surface area contributed by atoms with Crippen LogP contribution in [0.1, 0.15) is 62.5 Å². The minimum Gasteiger partial charge on any atom is -0.361 e. The quantitative estimate of drug-likeness (QED) is 0.370. The van der Waals surface area contributed by atoms with Gasteiger partial charge >= 0.3 is 0 Å². The lowest BCUT2D eigenvalue weighted by Crippen LogP contribution is -2.72. The van der Waals surface area contributed by atoms with Crippen molar-refractivity contribution in [3.63, 3.8) is 0 Å². The van der Waals surface area contributed by atoms with Crippen LogP contribution in [-0.2, 0) is 22.4 Å². The van der Waals surface area contributed by atoms with Gasteiger partial charge in [0.25, 0.3) is 0 Å². The van der Waals surface area contributed by atoms with Crippen LogP contribution in [0.3, 0.4) is 0 Å². The number of hydrogen-bond donors (Lipinski definition) is 1. The fourth-order valence-corrected chi connectivity index (χ4v) is 7.23. The summed E-state index contributed by atoms with van der Waals surface area (Å²) in [6.45, 7) is 4.22. The zero-order valence-corrected chi connectivity index (χ0v) is 23.1. The summed E-state index contributed by atoms with van der Waals surface area (Å²) in [5, 5.41) is 1.21. The van der Waals surface area contributed by atoms with Crippen molar-refractivity contribution in [1.82, 2.24) is 19.7 Å². The van der Waals surface area contributed by atoms with E-state index < -0.39 is 5.54 Å². The molecule has 1 unspecified atom stereocenters. The first-order chi connectivity index (χ1) is 19.2. The summed E-state index contributed by atoms with van der Waals surface area (Å²) in [5.41, 5.74) is 3.11. The first-order valence-electron chi connectivity index (χ1n) is 15.1. The van der Waals surface area contributed by atoms with Gasteiger partial charge in [-0.2, -0.15) is 0 Å². The molecule has 2 aromatic carbocycles. The summed E-state index contributed by atoms with van der Waals surface area (Å²) in [5.74, 6) is 0.392. The first kappa shape index (κ1) is 26.1. The number of carbonyl (C=O) groups excluding carboxylic acids is 2. The van der Waals surface area contributed by atoms with Gasteiger partial charge in [-0.15, -0.1) is 0 Å². The highest BCUT2D eigenvalue weighted by atomic mass is 16.2. The van der Waals surface area contributed by atoms with E-state index in [0.717, 1.165) is 70.2 Å². The third kappa shape index (κ3) is 5.23. The Morgan fingerprint density at radius 3 is 2.44 bits per heavy atom. The molecule has 0 saturated carbocycles. The molecule has 1 N–H and O–H groups in total. The van der Waals surface area contributed by atoms with Crippen LogP contribution in [0.15, 0.2) is 60.8 Å². The fourth-order valence-electron chi connectivity index (χ4n) is 7.23. The Bertz CT molecular complexity index is 1280. The van der Waals surface area contributed by atoms with Crippen molar-refractivity contribution in [2.45, 2.75) is 75.8 Å². The number of nitrogens with zero attached hydrogens (tertiary/aromatic N) is 3. The van der Waals surface area contributed by atoms with E-state index in [1.54, 1.807) is 0 Å². The van der Waals surface area contributed by atoms with Crippen LogP contribution in [0.5, 0.6) is 0 Å². The number of hydrogen-bond acceptors (Lipinski definition) is 3. The number of benzene rings is 2. The molecule has 4 heterocycles. The van der Waals surface area contributed by atoms with Crippen LogP contribution in [-0.4, -0.2) is 75.8 Å². The van der Waals surface area contributed by atoms with Gasteiger partial charge in [0.05, 0.1) is 0 Å². The Labute approximate surface area is 232 Å². The van der Waals surface area contributed by atoms with Crippen molar-refractivity contribution in [2.24, 2.45) is 0 Å². The van der Waals surface area contributed by atoms with Crippen molar-refractivity contribution in [2.75, 3.05) is 32.7 Å². The fraction of sp³-hybridized carbons (Fsp3) is 0.515. The molecule has 6 rings (SSSR count). The first-order valence-corrected chi connectivity index (χ1v) is 15.1. The summed E-state index contributed by atoms with van der Waals surface area (Å²) in [6.07, 6.45) is 12.2. The van der Waals surface area contributed by atoms with E-state index in [0.29, 0.717) is 6.54 Å². The second kappa shape index (κ2) is 11.5. The lowest BCUT2D eigenvalue weighted by molar-refractivity contribution is -0.172. The van der Waals surface area contributed by atoms with E-state index in [9.17, 15) is 9.59 Å². The van der Waals surface area contributed by atoms with E-state index in [-0.39, 0.29) is 17.9 Å². The summed E-state index contributed by atoms with van der Waals surface area (Å²) in [7, 11) is 0. The molecular weight excluding hydrogens is 484 g/mol. The molecule has 2 amide bonds. The number of H-pyrrole nitrogens is 1. The van der Waals surface area contributed by atoms with Gasteiger partial charge in [-0.05, 0) is 75.1 Å². The second-order valence-corrected chi connectivity index (χ2v) is 11.8. The third-order valence-electron chi connectivity index (χ3n) is 9.48. The Morgan fingerprint density at radius 2 is 1.59 bits per heavy atom. The number of carbonyl (C=O) groups is 2. The van der Waals surface area contributed by atoms with Gasteiger partial charge in [-0.3, -0.25) is 9.59 Å². The highest BCUT2D eigenvalue weighted by Gasteiger charge is 2.57. The number of para-hydroxylation sites is 1. The van der Waals surface area contributed by atoms with Crippen molar-refractivity contribution >= 4 is 22.7 Å². The molecular formula is C33H42N4O2. The lowest BCUT2D eigenvalue weighted by Gasteiger charge is -2.53. The van der Waals surface area contributed by atoms with Crippen molar-refractivity contribution in [3.8, 4) is 0 Å². The summed E-state index contributed by atoms with van der Waals surface area (Å²) in [6, 6.07) is 18.8. The van der Waals surface area contributed by atoms with Gasteiger partial charge in [0.1, 0.15) is 11.6 Å². The predicted octanol–water partition coefficient (Wildman–Crippen LogP) is 5.18. The second-order valence-electron chi connectivity index (χ2n) is 11.8. The Hall–Kier alpha value is -3.12. The maximum atomic E-state index is 14.0. The van der Waals surface area contributed by atoms with E-state index in [1.807, 2.05) is 15.9 Å². The minimum absolute atomic E-state index is 0.179. The van der Waals surface area contributed by atoms with E-state index in [4.69, 9.17) is 0 Å². The highest BCUT2D eigenvalue weighted by Crippen LogP contribution is 2.39. The molecule has 6 heteroatoms. The molecule has 3 fully saturated rings. The Balaban J connectivity index is 1.06. The number of piperazine rings is 1. The normalized spacial score (nSPS) is 21.3. The molecule has 206 valence electrons. The number of rotatable bonds is 10. The summed E-state index contributed by atoms with van der Waals surface area (Å²) < 4.78 is 0. The molecule has 1 aromatic heterocycles. The van der Waals surface area contributed by atoms with Crippen LogP contribution in [0, 0.1) is 0 Å². The number of aryl methyl sites for hydroxylation is 1. The van der Waals surface area contributed by atoms with Gasteiger partial charge in [0, 0.05) is 43.3 Å². The van der Waals surface area contributed by atoms with Crippen LogP contribution in [0.2, 0.25) is 0 Å². The topological polar surface area (TPSA) is 59.7 Å². The monoisotopic (exact) mass is 526 g/mol. The van der Waals surface area contributed by atoms with Gasteiger partial charge in [-0.25, -0.2) is 0 Å². The molecule has 0 bridgehead atoms. The number of aromatic amines is 1. The standard InChI is InChI=1S/C33H42N4O2/c38-31-30-16-10-21-36(30)32(39)33(37(31)22-17-27-25-34-29-15-8-7-14-28(27)29)18-23-35(24-19-33)20-9-2-1-4-11-26-12-5-3-6-13-26/h3,5-8,12-15,25,30,34H,1-2,4,9-11,16-24H2. The predicted molar refractivity (Wildman–Crippen MR) is 155 cm³/mol. The third-order valence-corrected chi connectivity index (χ3v) is 9.48. The van der Waals surface area contributed by atoms with Gasteiger partial charge in [0.2, 0.25) is 11.8 Å². The average molecular weight is 527 g/mol.